The monoisotopic (exact) mass is 510 g/mol. The first-order valence-corrected chi connectivity index (χ1v) is 13.3. The van der Waals surface area contributed by atoms with Gasteiger partial charge in [0.05, 0.1) is 12.1 Å². The zero-order chi connectivity index (χ0) is 26.9. The minimum atomic E-state index is -0.593. The van der Waals surface area contributed by atoms with Gasteiger partial charge in [0.2, 0.25) is 11.8 Å². The fourth-order valence-electron chi connectivity index (χ4n) is 4.66. The van der Waals surface area contributed by atoms with Crippen molar-refractivity contribution in [1.29, 1.82) is 0 Å². The molecule has 0 aliphatic heterocycles. The van der Waals surface area contributed by atoms with E-state index in [9.17, 15) is 19.2 Å². The number of rotatable bonds is 7. The molecule has 2 fully saturated rings. The maximum atomic E-state index is 12.6. The van der Waals surface area contributed by atoms with Gasteiger partial charge in [0.15, 0.2) is 0 Å². The van der Waals surface area contributed by atoms with E-state index >= 15 is 0 Å². The first-order valence-electron chi connectivity index (χ1n) is 13.3. The number of nitrogens with one attached hydrogen (secondary N) is 4. The predicted molar refractivity (Wildman–Crippen MR) is 136 cm³/mol. The lowest BCUT2D eigenvalue weighted by Crippen LogP contribution is -2.54. The molecule has 0 aromatic carbocycles. The van der Waals surface area contributed by atoms with Crippen molar-refractivity contribution in [3.63, 3.8) is 0 Å². The highest BCUT2D eigenvalue weighted by Gasteiger charge is 2.31. The summed E-state index contributed by atoms with van der Waals surface area (Å²) in [5.74, 6) is -0.444. The van der Waals surface area contributed by atoms with Gasteiger partial charge in [-0.1, -0.05) is 25.7 Å². The lowest BCUT2D eigenvalue weighted by Gasteiger charge is -2.34. The summed E-state index contributed by atoms with van der Waals surface area (Å²) < 4.78 is 10.7. The third-order valence-corrected chi connectivity index (χ3v) is 6.21. The molecule has 4 N–H and O–H groups in total. The summed E-state index contributed by atoms with van der Waals surface area (Å²) >= 11 is 0. The average molecular weight is 511 g/mol. The molecule has 2 aliphatic rings. The lowest BCUT2D eigenvalue weighted by molar-refractivity contribution is -0.127. The summed E-state index contributed by atoms with van der Waals surface area (Å²) in [4.78, 5) is 49.6. The first kappa shape index (κ1) is 29.7. The SMILES string of the molecule is CC(C)(C)OC(=O)N[C@@H]1CCCC[C@H]1NC(=O)CCC(=O)N[C@@H]1CCCC[C@H]1NC(=O)OC(C)(C)C. The molecule has 10 nitrogen and oxygen atoms in total. The van der Waals surface area contributed by atoms with Crippen molar-refractivity contribution < 1.29 is 28.7 Å². The quantitative estimate of drug-likeness (QED) is 0.413. The van der Waals surface area contributed by atoms with Gasteiger partial charge in [-0.05, 0) is 67.2 Å². The predicted octanol–water partition coefficient (Wildman–Crippen LogP) is 3.67. The van der Waals surface area contributed by atoms with Crippen LogP contribution in [0.4, 0.5) is 9.59 Å². The molecular weight excluding hydrogens is 464 g/mol. The molecule has 2 aliphatic carbocycles. The molecule has 0 spiro atoms. The second kappa shape index (κ2) is 13.1. The zero-order valence-electron chi connectivity index (χ0n) is 22.8. The Kier molecular flexibility index (Phi) is 10.8. The summed E-state index contributed by atoms with van der Waals surface area (Å²) in [5.41, 5.74) is -1.19. The molecule has 0 bridgehead atoms. The molecule has 0 radical (unpaired) electrons. The maximum Gasteiger partial charge on any atom is 0.407 e. The van der Waals surface area contributed by atoms with Crippen molar-refractivity contribution in [2.75, 3.05) is 0 Å². The van der Waals surface area contributed by atoms with E-state index in [0.717, 1.165) is 51.4 Å². The fourth-order valence-corrected chi connectivity index (χ4v) is 4.66. The number of hydrogen-bond donors (Lipinski definition) is 4. The standard InChI is InChI=1S/C26H46N4O6/c1-25(2,3)35-23(33)29-19-13-9-7-11-17(19)27-21(31)15-16-22(32)28-18-12-8-10-14-20(18)30-24(34)36-26(4,5)6/h17-20H,7-16H2,1-6H3,(H,27,31)(H,28,32)(H,29,33)(H,30,34)/t17-,18-,19-,20-/m1/s1. The molecule has 2 saturated carbocycles. The number of amides is 4. The Hall–Kier alpha value is -2.52. The van der Waals surface area contributed by atoms with Crippen LogP contribution < -0.4 is 21.3 Å². The van der Waals surface area contributed by atoms with Gasteiger partial charge in [0, 0.05) is 24.9 Å². The van der Waals surface area contributed by atoms with Gasteiger partial charge in [-0.25, -0.2) is 9.59 Å². The van der Waals surface area contributed by atoms with E-state index < -0.39 is 23.4 Å². The van der Waals surface area contributed by atoms with Crippen LogP contribution in [0.25, 0.3) is 0 Å². The molecule has 0 aromatic heterocycles. The summed E-state index contributed by atoms with van der Waals surface area (Å²) in [5, 5.41) is 11.7. The van der Waals surface area contributed by atoms with Gasteiger partial charge >= 0.3 is 12.2 Å². The van der Waals surface area contributed by atoms with E-state index in [1.807, 2.05) is 0 Å². The minimum absolute atomic E-state index is 0.0539. The van der Waals surface area contributed by atoms with Crippen LogP contribution in [0.5, 0.6) is 0 Å². The molecule has 10 heteroatoms. The molecule has 0 saturated heterocycles. The summed E-state index contributed by atoms with van der Waals surface area (Å²) in [6, 6.07) is -0.785. The number of alkyl carbamates (subject to hydrolysis) is 2. The lowest BCUT2D eigenvalue weighted by atomic mass is 9.90. The molecule has 0 unspecified atom stereocenters. The van der Waals surface area contributed by atoms with E-state index in [1.165, 1.54) is 0 Å². The molecular formula is C26H46N4O6. The second-order valence-electron chi connectivity index (χ2n) is 11.9. The highest BCUT2D eigenvalue weighted by molar-refractivity contribution is 5.84. The number of hydrogen-bond acceptors (Lipinski definition) is 6. The van der Waals surface area contributed by atoms with Crippen LogP contribution in [-0.2, 0) is 19.1 Å². The van der Waals surface area contributed by atoms with Crippen molar-refractivity contribution in [3.8, 4) is 0 Å². The topological polar surface area (TPSA) is 135 Å². The third-order valence-electron chi connectivity index (χ3n) is 6.21. The van der Waals surface area contributed by atoms with Gasteiger partial charge < -0.3 is 30.7 Å². The van der Waals surface area contributed by atoms with Crippen LogP contribution in [0, 0.1) is 0 Å². The van der Waals surface area contributed by atoms with Crippen LogP contribution in [0.1, 0.15) is 106 Å². The van der Waals surface area contributed by atoms with Crippen molar-refractivity contribution in [1.82, 2.24) is 21.3 Å². The third kappa shape index (κ3) is 11.5. The zero-order valence-corrected chi connectivity index (χ0v) is 22.8. The van der Waals surface area contributed by atoms with Gasteiger partial charge in [0.25, 0.3) is 0 Å². The highest BCUT2D eigenvalue weighted by atomic mass is 16.6. The molecule has 2 rings (SSSR count). The van der Waals surface area contributed by atoms with E-state index in [-0.39, 0.29) is 48.8 Å². The van der Waals surface area contributed by atoms with E-state index in [2.05, 4.69) is 21.3 Å². The Balaban J connectivity index is 1.80. The van der Waals surface area contributed by atoms with Gasteiger partial charge in [-0.3, -0.25) is 9.59 Å². The van der Waals surface area contributed by atoms with Crippen molar-refractivity contribution in [3.05, 3.63) is 0 Å². The van der Waals surface area contributed by atoms with Crippen LogP contribution in [0.3, 0.4) is 0 Å². The Morgan fingerprint density at radius 1 is 0.556 bits per heavy atom. The number of carbonyl (C=O) groups is 4. The first-order chi connectivity index (χ1) is 16.7. The molecule has 4 amide bonds. The Morgan fingerprint density at radius 2 is 0.833 bits per heavy atom. The van der Waals surface area contributed by atoms with Crippen LogP contribution in [0.15, 0.2) is 0 Å². The van der Waals surface area contributed by atoms with Crippen molar-refractivity contribution in [2.24, 2.45) is 0 Å². The second-order valence-corrected chi connectivity index (χ2v) is 11.9. The Morgan fingerprint density at radius 3 is 1.11 bits per heavy atom. The van der Waals surface area contributed by atoms with E-state index in [1.54, 1.807) is 41.5 Å². The fraction of sp³-hybridized carbons (Fsp3) is 0.846. The summed E-state index contributed by atoms with van der Waals surface area (Å²) in [7, 11) is 0. The molecule has 4 atom stereocenters. The van der Waals surface area contributed by atoms with E-state index in [0.29, 0.717) is 0 Å². The van der Waals surface area contributed by atoms with Crippen molar-refractivity contribution in [2.45, 2.75) is 141 Å². The number of carbonyl (C=O) groups excluding carboxylic acids is 4. The smallest absolute Gasteiger partial charge is 0.407 e. The van der Waals surface area contributed by atoms with Crippen LogP contribution >= 0.6 is 0 Å². The largest absolute Gasteiger partial charge is 0.444 e. The maximum absolute atomic E-state index is 12.6. The molecule has 36 heavy (non-hydrogen) atoms. The Bertz CT molecular complexity index is 709. The molecule has 0 heterocycles. The van der Waals surface area contributed by atoms with Gasteiger partial charge in [0.1, 0.15) is 11.2 Å². The normalized spacial score (nSPS) is 24.7. The van der Waals surface area contributed by atoms with E-state index in [4.69, 9.17) is 9.47 Å². The molecule has 206 valence electrons. The van der Waals surface area contributed by atoms with Crippen molar-refractivity contribution >= 4 is 24.0 Å². The van der Waals surface area contributed by atoms with Crippen LogP contribution in [0.2, 0.25) is 0 Å². The average Bonchev–Trinajstić information content (AvgIpc) is 2.72. The van der Waals surface area contributed by atoms with Gasteiger partial charge in [-0.15, -0.1) is 0 Å². The summed E-state index contributed by atoms with van der Waals surface area (Å²) in [6.45, 7) is 10.8. The van der Waals surface area contributed by atoms with Crippen LogP contribution in [-0.4, -0.2) is 59.4 Å². The highest BCUT2D eigenvalue weighted by Crippen LogP contribution is 2.21. The van der Waals surface area contributed by atoms with Gasteiger partial charge in [-0.2, -0.15) is 0 Å². The minimum Gasteiger partial charge on any atom is -0.444 e. The Labute approximate surface area is 215 Å². The molecule has 0 aromatic rings. The number of ether oxygens (including phenoxy) is 2. The summed E-state index contributed by atoms with van der Waals surface area (Å²) in [6.07, 6.45) is 6.04.